The van der Waals surface area contributed by atoms with Crippen molar-refractivity contribution >= 4 is 29.3 Å². The van der Waals surface area contributed by atoms with E-state index < -0.39 is 5.97 Å². The first-order valence-electron chi connectivity index (χ1n) is 6.78. The quantitative estimate of drug-likeness (QED) is 0.851. The highest BCUT2D eigenvalue weighted by molar-refractivity contribution is 7.99. The Morgan fingerprint density at radius 3 is 2.30 bits per heavy atom. The molecule has 0 aliphatic heterocycles. The summed E-state index contributed by atoms with van der Waals surface area (Å²) in [7, 11) is 0. The molecule has 2 aromatic rings. The Kier molecular flexibility index (Phi) is 5.78. The van der Waals surface area contributed by atoms with Crippen LogP contribution in [0.25, 0.3) is 0 Å². The van der Waals surface area contributed by atoms with Crippen LogP contribution < -0.4 is 5.32 Å². The van der Waals surface area contributed by atoms with Crippen molar-refractivity contribution in [3.63, 3.8) is 0 Å². The Bertz CT molecular complexity index is 734. The minimum absolute atomic E-state index is 0.147. The normalized spacial score (nSPS) is 9.87. The van der Waals surface area contributed by atoms with Gasteiger partial charge in [-0.1, -0.05) is 12.1 Å². The van der Waals surface area contributed by atoms with E-state index in [1.165, 1.54) is 23.9 Å². The number of amides is 1. The van der Waals surface area contributed by atoms with E-state index in [0.29, 0.717) is 22.8 Å². The summed E-state index contributed by atoms with van der Waals surface area (Å²) in [6, 6.07) is 15.3. The molecular formula is C17H14N2O3S. The maximum atomic E-state index is 11.8. The third-order valence-corrected chi connectivity index (χ3v) is 4.00. The van der Waals surface area contributed by atoms with E-state index >= 15 is 0 Å². The highest BCUT2D eigenvalue weighted by atomic mass is 32.2. The molecule has 1 amide bonds. The van der Waals surface area contributed by atoms with Gasteiger partial charge in [0.15, 0.2) is 0 Å². The van der Waals surface area contributed by atoms with Gasteiger partial charge in [-0.25, -0.2) is 4.79 Å². The number of carboxylic acid groups (broad SMARTS) is 1. The first-order valence-corrected chi connectivity index (χ1v) is 7.94. The molecule has 0 atom stereocenters. The van der Waals surface area contributed by atoms with E-state index in [0.717, 1.165) is 5.56 Å². The van der Waals surface area contributed by atoms with E-state index in [2.05, 4.69) is 11.4 Å². The summed E-state index contributed by atoms with van der Waals surface area (Å²) in [4.78, 5) is 22.6. The van der Waals surface area contributed by atoms with Crippen molar-refractivity contribution in [3.05, 3.63) is 65.2 Å². The van der Waals surface area contributed by atoms with Gasteiger partial charge in [0, 0.05) is 11.4 Å². The molecule has 2 aromatic carbocycles. The van der Waals surface area contributed by atoms with Crippen LogP contribution in [0.2, 0.25) is 0 Å². The van der Waals surface area contributed by atoms with Gasteiger partial charge in [0.05, 0.1) is 22.9 Å². The predicted molar refractivity (Wildman–Crippen MR) is 89.4 cm³/mol. The number of hydrogen-bond donors (Lipinski definition) is 2. The summed E-state index contributed by atoms with van der Waals surface area (Å²) >= 11 is 1.47. The number of hydrogen-bond acceptors (Lipinski definition) is 4. The molecule has 2 N–H and O–H groups in total. The molecule has 0 aliphatic rings. The lowest BCUT2D eigenvalue weighted by Crippen LogP contribution is -2.14. The lowest BCUT2D eigenvalue weighted by atomic mass is 10.2. The van der Waals surface area contributed by atoms with Crippen molar-refractivity contribution in [1.82, 2.24) is 0 Å². The smallest absolute Gasteiger partial charge is 0.335 e. The minimum atomic E-state index is -0.999. The fourth-order valence-electron chi connectivity index (χ4n) is 1.83. The van der Waals surface area contributed by atoms with Gasteiger partial charge in [0.25, 0.3) is 0 Å². The van der Waals surface area contributed by atoms with Crippen LogP contribution in [0.3, 0.4) is 0 Å². The van der Waals surface area contributed by atoms with E-state index in [-0.39, 0.29) is 11.5 Å². The fourth-order valence-corrected chi connectivity index (χ4v) is 2.62. The number of thioether (sulfide) groups is 1. The molecular weight excluding hydrogens is 312 g/mol. The van der Waals surface area contributed by atoms with Crippen LogP contribution >= 0.6 is 11.8 Å². The minimum Gasteiger partial charge on any atom is -0.478 e. The Hall–Kier alpha value is -2.78. The molecule has 6 heteroatoms. The Morgan fingerprint density at radius 2 is 1.74 bits per heavy atom. The number of carboxylic acids is 1. The number of rotatable bonds is 6. The maximum Gasteiger partial charge on any atom is 0.335 e. The zero-order valence-electron chi connectivity index (χ0n) is 12.2. The first kappa shape index (κ1) is 16.6. The van der Waals surface area contributed by atoms with Crippen LogP contribution in [0.15, 0.2) is 48.5 Å². The third-order valence-electron chi connectivity index (χ3n) is 3.00. The third kappa shape index (κ3) is 5.16. The largest absolute Gasteiger partial charge is 0.478 e. The van der Waals surface area contributed by atoms with E-state index in [4.69, 9.17) is 10.4 Å². The number of anilines is 1. The Labute approximate surface area is 137 Å². The fraction of sp³-hybridized carbons (Fsp3) is 0.118. The standard InChI is InChI=1S/C17H14N2O3S/c18-9-12-1-3-13(4-2-12)10-23-11-16(20)19-15-7-5-14(6-8-15)17(21)22/h1-8H,10-11H2,(H,19,20)(H,21,22). The highest BCUT2D eigenvalue weighted by Gasteiger charge is 2.05. The van der Waals surface area contributed by atoms with Gasteiger partial charge >= 0.3 is 5.97 Å². The van der Waals surface area contributed by atoms with Crippen LogP contribution in [0, 0.1) is 11.3 Å². The van der Waals surface area contributed by atoms with Crippen LogP contribution in [0.4, 0.5) is 5.69 Å². The number of carbonyl (C=O) groups excluding carboxylic acids is 1. The second kappa shape index (κ2) is 8.01. The Balaban J connectivity index is 1.78. The summed E-state index contributed by atoms with van der Waals surface area (Å²) in [5, 5.41) is 20.2. The number of nitrogens with zero attached hydrogens (tertiary/aromatic N) is 1. The van der Waals surface area contributed by atoms with Gasteiger partial charge in [0.2, 0.25) is 5.91 Å². The van der Waals surface area contributed by atoms with Gasteiger partial charge in [0.1, 0.15) is 0 Å². The van der Waals surface area contributed by atoms with Gasteiger partial charge in [-0.05, 0) is 42.0 Å². The summed E-state index contributed by atoms with van der Waals surface area (Å²) in [5.74, 6) is -0.176. The molecule has 5 nitrogen and oxygen atoms in total. The van der Waals surface area contributed by atoms with Crippen molar-refractivity contribution in [1.29, 1.82) is 5.26 Å². The number of nitrogens with one attached hydrogen (secondary N) is 1. The average molecular weight is 326 g/mol. The molecule has 0 heterocycles. The van der Waals surface area contributed by atoms with Gasteiger partial charge in [-0.15, -0.1) is 11.8 Å². The van der Waals surface area contributed by atoms with Crippen LogP contribution in [-0.4, -0.2) is 22.7 Å². The van der Waals surface area contributed by atoms with Crippen molar-refractivity contribution in [2.75, 3.05) is 11.1 Å². The van der Waals surface area contributed by atoms with Crippen LogP contribution in [0.5, 0.6) is 0 Å². The molecule has 0 saturated heterocycles. The SMILES string of the molecule is N#Cc1ccc(CSCC(=O)Nc2ccc(C(=O)O)cc2)cc1. The van der Waals surface area contributed by atoms with Gasteiger partial charge in [-0.2, -0.15) is 5.26 Å². The topological polar surface area (TPSA) is 90.2 Å². The number of carbonyl (C=O) groups is 2. The molecule has 2 rings (SSSR count). The summed E-state index contributed by atoms with van der Waals surface area (Å²) in [6.07, 6.45) is 0. The zero-order chi connectivity index (χ0) is 16.7. The van der Waals surface area contributed by atoms with E-state index in [1.54, 1.807) is 24.3 Å². The van der Waals surface area contributed by atoms with E-state index in [9.17, 15) is 9.59 Å². The van der Waals surface area contributed by atoms with Crippen molar-refractivity contribution in [2.24, 2.45) is 0 Å². The molecule has 0 unspecified atom stereocenters. The van der Waals surface area contributed by atoms with Crippen molar-refractivity contribution in [3.8, 4) is 6.07 Å². The number of nitriles is 1. The molecule has 0 spiro atoms. The number of aromatic carboxylic acids is 1. The van der Waals surface area contributed by atoms with Crippen LogP contribution in [-0.2, 0) is 10.5 Å². The molecule has 0 radical (unpaired) electrons. The lowest BCUT2D eigenvalue weighted by Gasteiger charge is -2.06. The van der Waals surface area contributed by atoms with Gasteiger partial charge < -0.3 is 10.4 Å². The average Bonchev–Trinajstić information content (AvgIpc) is 2.56. The van der Waals surface area contributed by atoms with Crippen LogP contribution in [0.1, 0.15) is 21.5 Å². The summed E-state index contributed by atoms with van der Waals surface area (Å²) in [5.41, 5.74) is 2.41. The molecule has 116 valence electrons. The summed E-state index contributed by atoms with van der Waals surface area (Å²) in [6.45, 7) is 0. The van der Waals surface area contributed by atoms with Crippen molar-refractivity contribution in [2.45, 2.75) is 5.75 Å². The summed E-state index contributed by atoms with van der Waals surface area (Å²) < 4.78 is 0. The van der Waals surface area contributed by atoms with Crippen molar-refractivity contribution < 1.29 is 14.7 Å². The predicted octanol–water partition coefficient (Wildman–Crippen LogP) is 3.13. The van der Waals surface area contributed by atoms with Gasteiger partial charge in [-0.3, -0.25) is 4.79 Å². The maximum absolute atomic E-state index is 11.8. The zero-order valence-corrected chi connectivity index (χ0v) is 13.0. The first-order chi connectivity index (χ1) is 11.1. The Morgan fingerprint density at radius 1 is 1.09 bits per heavy atom. The molecule has 23 heavy (non-hydrogen) atoms. The number of benzene rings is 2. The molecule has 0 bridgehead atoms. The lowest BCUT2D eigenvalue weighted by molar-refractivity contribution is -0.113. The van der Waals surface area contributed by atoms with E-state index in [1.807, 2.05) is 12.1 Å². The molecule has 0 fully saturated rings. The second-order valence-electron chi connectivity index (χ2n) is 4.73. The molecule has 0 saturated carbocycles. The molecule has 0 aliphatic carbocycles. The monoisotopic (exact) mass is 326 g/mol. The molecule has 0 aromatic heterocycles. The second-order valence-corrected chi connectivity index (χ2v) is 5.72. The highest BCUT2D eigenvalue weighted by Crippen LogP contribution is 2.14.